The standard InChI is InChI=1S/C29H28FN5O5S/c1-17(28(32)38)35(21-8-6-19(30)7-9-21)29-33-27(31)26(41-29)25(37)18-4-12-23(13-5-18)40-16-24(36)34(2)20-10-14-22(39-3)15-11-20/h4-15,17H,16,31H2,1-3H3,(H2,32,38). The van der Waals surface area contributed by atoms with E-state index in [1.165, 1.54) is 34.1 Å². The zero-order valence-corrected chi connectivity index (χ0v) is 23.4. The van der Waals surface area contributed by atoms with Crippen molar-refractivity contribution in [1.82, 2.24) is 4.98 Å². The molecule has 0 spiro atoms. The molecular formula is C29H28FN5O5S. The number of rotatable bonds is 11. The molecule has 41 heavy (non-hydrogen) atoms. The minimum absolute atomic E-state index is 0.0220. The van der Waals surface area contributed by atoms with E-state index in [0.29, 0.717) is 28.4 Å². The van der Waals surface area contributed by atoms with Crippen molar-refractivity contribution in [2.24, 2.45) is 5.73 Å². The Kier molecular flexibility index (Phi) is 8.83. The lowest BCUT2D eigenvalue weighted by Crippen LogP contribution is -2.39. The smallest absolute Gasteiger partial charge is 0.264 e. The molecule has 4 rings (SSSR count). The van der Waals surface area contributed by atoms with Crippen LogP contribution in [0.3, 0.4) is 0 Å². The van der Waals surface area contributed by atoms with Crippen LogP contribution in [-0.2, 0) is 9.59 Å². The second-order valence-electron chi connectivity index (χ2n) is 8.93. The molecule has 1 atom stereocenters. The predicted molar refractivity (Wildman–Crippen MR) is 155 cm³/mol. The van der Waals surface area contributed by atoms with Gasteiger partial charge >= 0.3 is 0 Å². The Morgan fingerprint density at radius 3 is 2.12 bits per heavy atom. The third-order valence-corrected chi connectivity index (χ3v) is 7.34. The molecular weight excluding hydrogens is 549 g/mol. The summed E-state index contributed by atoms with van der Waals surface area (Å²) in [6, 6.07) is 17.9. The van der Waals surface area contributed by atoms with E-state index in [4.69, 9.17) is 20.9 Å². The average Bonchev–Trinajstić information content (AvgIpc) is 3.37. The number of carbonyl (C=O) groups is 3. The fourth-order valence-corrected chi connectivity index (χ4v) is 4.89. The molecule has 0 aliphatic carbocycles. The maximum absolute atomic E-state index is 13.5. The van der Waals surface area contributed by atoms with Gasteiger partial charge in [0.05, 0.1) is 7.11 Å². The van der Waals surface area contributed by atoms with Crippen molar-refractivity contribution in [2.75, 3.05) is 36.3 Å². The number of ketones is 1. The minimum Gasteiger partial charge on any atom is -0.497 e. The number of anilines is 4. The summed E-state index contributed by atoms with van der Waals surface area (Å²) in [7, 11) is 3.21. The number of carbonyl (C=O) groups excluding carboxylic acids is 3. The van der Waals surface area contributed by atoms with Gasteiger partial charge in [-0.1, -0.05) is 11.3 Å². The Balaban J connectivity index is 1.46. The van der Waals surface area contributed by atoms with Gasteiger partial charge in [0.15, 0.2) is 11.7 Å². The Morgan fingerprint density at radius 1 is 0.951 bits per heavy atom. The molecule has 1 unspecified atom stereocenters. The van der Waals surface area contributed by atoms with Gasteiger partial charge < -0.3 is 30.7 Å². The molecule has 212 valence electrons. The van der Waals surface area contributed by atoms with E-state index in [1.54, 1.807) is 69.6 Å². The summed E-state index contributed by atoms with van der Waals surface area (Å²) in [6.07, 6.45) is 0. The lowest BCUT2D eigenvalue weighted by atomic mass is 10.1. The van der Waals surface area contributed by atoms with Crippen LogP contribution in [0.4, 0.5) is 26.7 Å². The Morgan fingerprint density at radius 2 is 1.54 bits per heavy atom. The van der Waals surface area contributed by atoms with Gasteiger partial charge in [-0.2, -0.15) is 0 Å². The fraction of sp³-hybridized carbons (Fsp3) is 0.172. The molecule has 2 amide bonds. The van der Waals surface area contributed by atoms with Gasteiger partial charge in [-0.3, -0.25) is 14.4 Å². The third kappa shape index (κ3) is 6.61. The molecule has 10 nitrogen and oxygen atoms in total. The van der Waals surface area contributed by atoms with Gasteiger partial charge in [-0.15, -0.1) is 0 Å². The summed E-state index contributed by atoms with van der Waals surface area (Å²) in [5, 5.41) is 0.253. The average molecular weight is 578 g/mol. The Bertz CT molecular complexity index is 1540. The molecule has 0 saturated heterocycles. The first kappa shape index (κ1) is 29.0. The number of benzene rings is 3. The number of likely N-dealkylation sites (N-methyl/N-ethyl adjacent to an activating group) is 1. The normalized spacial score (nSPS) is 11.4. The molecule has 0 aliphatic heterocycles. The number of nitrogens with two attached hydrogens (primary N) is 2. The SMILES string of the molecule is COc1ccc(N(C)C(=O)COc2ccc(C(=O)c3sc(N(c4ccc(F)cc4)C(C)C(N)=O)nc3N)cc2)cc1. The molecule has 3 aromatic carbocycles. The number of thiazole rings is 1. The third-order valence-electron chi connectivity index (χ3n) is 6.27. The fourth-order valence-electron chi connectivity index (χ4n) is 3.84. The van der Waals surface area contributed by atoms with Crippen LogP contribution >= 0.6 is 11.3 Å². The van der Waals surface area contributed by atoms with Crippen molar-refractivity contribution < 1.29 is 28.2 Å². The molecule has 0 bridgehead atoms. The van der Waals surface area contributed by atoms with Crippen molar-refractivity contribution in [3.63, 3.8) is 0 Å². The molecule has 0 fully saturated rings. The number of amides is 2. The number of hydrogen-bond donors (Lipinski definition) is 2. The van der Waals surface area contributed by atoms with E-state index in [1.807, 2.05) is 0 Å². The highest BCUT2D eigenvalue weighted by molar-refractivity contribution is 7.18. The number of nitrogen functional groups attached to an aromatic ring is 1. The molecule has 0 saturated carbocycles. The molecule has 12 heteroatoms. The number of hydrogen-bond acceptors (Lipinski definition) is 9. The second-order valence-corrected chi connectivity index (χ2v) is 9.91. The van der Waals surface area contributed by atoms with Crippen LogP contribution in [0.2, 0.25) is 0 Å². The second kappa shape index (κ2) is 12.5. The van der Waals surface area contributed by atoms with Gasteiger partial charge in [0.25, 0.3) is 5.91 Å². The summed E-state index contributed by atoms with van der Waals surface area (Å²) >= 11 is 0.987. The highest BCUT2D eigenvalue weighted by atomic mass is 32.1. The largest absolute Gasteiger partial charge is 0.497 e. The van der Waals surface area contributed by atoms with E-state index in [2.05, 4.69) is 4.98 Å². The van der Waals surface area contributed by atoms with Crippen LogP contribution in [0.15, 0.2) is 72.8 Å². The number of primary amides is 1. The predicted octanol–water partition coefficient (Wildman–Crippen LogP) is 4.16. The zero-order valence-electron chi connectivity index (χ0n) is 22.5. The lowest BCUT2D eigenvalue weighted by Gasteiger charge is -2.26. The van der Waals surface area contributed by atoms with E-state index < -0.39 is 17.8 Å². The van der Waals surface area contributed by atoms with Crippen LogP contribution < -0.4 is 30.7 Å². The molecule has 0 aliphatic rings. The maximum Gasteiger partial charge on any atom is 0.264 e. The van der Waals surface area contributed by atoms with Crippen LogP contribution in [0.25, 0.3) is 0 Å². The number of methoxy groups -OCH3 is 1. The van der Waals surface area contributed by atoms with Crippen molar-refractivity contribution in [1.29, 1.82) is 0 Å². The summed E-state index contributed by atoms with van der Waals surface area (Å²) in [5.74, 6) is -0.687. The number of aromatic nitrogens is 1. The summed E-state index contributed by atoms with van der Waals surface area (Å²) in [4.78, 5) is 45.3. The van der Waals surface area contributed by atoms with E-state index in [0.717, 1.165) is 11.3 Å². The quantitative estimate of drug-likeness (QED) is 0.253. The van der Waals surface area contributed by atoms with Crippen LogP contribution in [0.1, 0.15) is 22.2 Å². The Hall–Kier alpha value is -4.97. The number of halogens is 1. The van der Waals surface area contributed by atoms with Gasteiger partial charge in [0, 0.05) is 24.0 Å². The van der Waals surface area contributed by atoms with Gasteiger partial charge in [0.1, 0.15) is 34.1 Å². The van der Waals surface area contributed by atoms with Crippen molar-refractivity contribution in [3.05, 3.63) is 89.1 Å². The van der Waals surface area contributed by atoms with Crippen molar-refractivity contribution >= 4 is 51.3 Å². The van der Waals surface area contributed by atoms with Gasteiger partial charge in [-0.05, 0) is 79.7 Å². The van der Waals surface area contributed by atoms with Crippen LogP contribution in [-0.4, -0.2) is 49.4 Å². The van der Waals surface area contributed by atoms with Gasteiger partial charge in [-0.25, -0.2) is 9.37 Å². The first-order chi connectivity index (χ1) is 19.6. The first-order valence-corrected chi connectivity index (χ1v) is 13.2. The first-order valence-electron chi connectivity index (χ1n) is 12.4. The van der Waals surface area contributed by atoms with Crippen LogP contribution in [0.5, 0.6) is 11.5 Å². The lowest BCUT2D eigenvalue weighted by molar-refractivity contribution is -0.120. The molecule has 1 heterocycles. The summed E-state index contributed by atoms with van der Waals surface area (Å²) in [6.45, 7) is 1.36. The highest BCUT2D eigenvalue weighted by Gasteiger charge is 2.27. The molecule has 4 N–H and O–H groups in total. The van der Waals surface area contributed by atoms with Crippen molar-refractivity contribution in [3.8, 4) is 11.5 Å². The Labute approximate surface area is 239 Å². The van der Waals surface area contributed by atoms with Gasteiger partial charge in [0.2, 0.25) is 11.7 Å². The number of ether oxygens (including phenoxy) is 2. The van der Waals surface area contributed by atoms with Crippen molar-refractivity contribution in [2.45, 2.75) is 13.0 Å². The maximum atomic E-state index is 13.5. The topological polar surface area (TPSA) is 141 Å². The summed E-state index contributed by atoms with van der Waals surface area (Å²) < 4.78 is 24.3. The zero-order chi connectivity index (χ0) is 29.7. The van der Waals surface area contributed by atoms with E-state index in [9.17, 15) is 18.8 Å². The molecule has 4 aromatic rings. The highest BCUT2D eigenvalue weighted by Crippen LogP contribution is 2.36. The van der Waals surface area contributed by atoms with E-state index in [-0.39, 0.29) is 34.1 Å². The molecule has 1 aromatic heterocycles. The monoisotopic (exact) mass is 577 g/mol. The van der Waals surface area contributed by atoms with E-state index >= 15 is 0 Å². The summed E-state index contributed by atoms with van der Waals surface area (Å²) in [5.41, 5.74) is 13.1. The van der Waals surface area contributed by atoms with Crippen LogP contribution in [0, 0.1) is 5.82 Å². The molecule has 0 radical (unpaired) electrons. The number of nitrogens with zero attached hydrogens (tertiary/aromatic N) is 3. The minimum atomic E-state index is -0.850.